The predicted molar refractivity (Wildman–Crippen MR) is 109 cm³/mol. The van der Waals surface area contributed by atoms with Crippen LogP contribution in [0.25, 0.3) is 0 Å². The van der Waals surface area contributed by atoms with Crippen LogP contribution in [0.5, 0.6) is 0 Å². The third-order valence-corrected chi connectivity index (χ3v) is 5.74. The SMILES string of the molecule is CN(C)c1ccc(CN2CCCn3nc(CNC(=O)C4CCC4)cc3C2)cn1. The van der Waals surface area contributed by atoms with Crippen LogP contribution < -0.4 is 10.2 Å². The quantitative estimate of drug-likeness (QED) is 0.829. The molecular formula is C21H30N6O. The summed E-state index contributed by atoms with van der Waals surface area (Å²) in [7, 11) is 4.01. The standard InChI is InChI=1S/C21H30N6O/c1-25(2)20-8-7-16(12-22-20)14-26-9-4-10-27-19(15-26)11-18(24-27)13-23-21(28)17-5-3-6-17/h7-8,11-12,17H,3-6,9-10,13-15H2,1-2H3,(H,23,28). The number of nitrogens with zero attached hydrogens (tertiary/aromatic N) is 5. The van der Waals surface area contributed by atoms with Crippen LogP contribution in [-0.2, 0) is 31.0 Å². The molecule has 3 heterocycles. The highest BCUT2D eigenvalue weighted by molar-refractivity contribution is 5.79. The molecule has 0 saturated heterocycles. The van der Waals surface area contributed by atoms with Gasteiger partial charge in [0.1, 0.15) is 5.82 Å². The zero-order valence-electron chi connectivity index (χ0n) is 16.9. The fourth-order valence-electron chi connectivity index (χ4n) is 3.83. The average Bonchev–Trinajstić information content (AvgIpc) is 2.91. The van der Waals surface area contributed by atoms with Crippen LogP contribution in [0, 0.1) is 5.92 Å². The summed E-state index contributed by atoms with van der Waals surface area (Å²) in [5.41, 5.74) is 3.41. The van der Waals surface area contributed by atoms with Gasteiger partial charge in [-0.1, -0.05) is 12.5 Å². The molecule has 150 valence electrons. The monoisotopic (exact) mass is 382 g/mol. The summed E-state index contributed by atoms with van der Waals surface area (Å²) in [6.07, 6.45) is 6.29. The number of aryl methyl sites for hydroxylation is 1. The van der Waals surface area contributed by atoms with E-state index < -0.39 is 0 Å². The summed E-state index contributed by atoms with van der Waals surface area (Å²) in [6.45, 7) is 4.27. The molecule has 1 saturated carbocycles. The van der Waals surface area contributed by atoms with E-state index in [1.807, 2.05) is 25.2 Å². The van der Waals surface area contributed by atoms with Gasteiger partial charge in [0.05, 0.1) is 17.9 Å². The van der Waals surface area contributed by atoms with Crippen molar-refractivity contribution in [1.82, 2.24) is 25.0 Å². The lowest BCUT2D eigenvalue weighted by atomic mass is 9.85. The van der Waals surface area contributed by atoms with Crippen molar-refractivity contribution in [3.8, 4) is 0 Å². The van der Waals surface area contributed by atoms with E-state index in [1.165, 1.54) is 17.7 Å². The second-order valence-corrected chi connectivity index (χ2v) is 8.18. The Labute approximate surface area is 166 Å². The smallest absolute Gasteiger partial charge is 0.223 e. The molecule has 1 aliphatic heterocycles. The van der Waals surface area contributed by atoms with Crippen molar-refractivity contribution >= 4 is 11.7 Å². The van der Waals surface area contributed by atoms with Gasteiger partial charge in [0.15, 0.2) is 0 Å². The number of anilines is 1. The minimum atomic E-state index is 0.185. The first-order chi connectivity index (χ1) is 13.6. The lowest BCUT2D eigenvalue weighted by molar-refractivity contribution is -0.127. The van der Waals surface area contributed by atoms with E-state index in [0.29, 0.717) is 6.54 Å². The molecule has 7 nitrogen and oxygen atoms in total. The topological polar surface area (TPSA) is 66.3 Å². The van der Waals surface area contributed by atoms with E-state index >= 15 is 0 Å². The normalized spacial score (nSPS) is 17.5. The molecule has 0 radical (unpaired) electrons. The third-order valence-electron chi connectivity index (χ3n) is 5.74. The van der Waals surface area contributed by atoms with E-state index in [1.54, 1.807) is 0 Å². The Morgan fingerprint density at radius 1 is 1.25 bits per heavy atom. The predicted octanol–water partition coefficient (Wildman–Crippen LogP) is 2.17. The number of hydrogen-bond acceptors (Lipinski definition) is 5. The largest absolute Gasteiger partial charge is 0.363 e. The number of carbonyl (C=O) groups excluding carboxylic acids is 1. The van der Waals surface area contributed by atoms with Crippen LogP contribution in [0.1, 0.15) is 42.6 Å². The summed E-state index contributed by atoms with van der Waals surface area (Å²) in [4.78, 5) is 21.0. The molecule has 1 aliphatic carbocycles. The van der Waals surface area contributed by atoms with Crippen LogP contribution in [0.15, 0.2) is 24.4 Å². The highest BCUT2D eigenvalue weighted by atomic mass is 16.1. The van der Waals surface area contributed by atoms with Gasteiger partial charge in [0.25, 0.3) is 0 Å². The molecule has 0 spiro atoms. The second-order valence-electron chi connectivity index (χ2n) is 8.18. The van der Waals surface area contributed by atoms with Crippen molar-refractivity contribution in [2.75, 3.05) is 25.5 Å². The summed E-state index contributed by atoms with van der Waals surface area (Å²) >= 11 is 0. The molecule has 0 bridgehead atoms. The highest BCUT2D eigenvalue weighted by Gasteiger charge is 2.25. The van der Waals surface area contributed by atoms with Gasteiger partial charge in [-0.3, -0.25) is 14.4 Å². The zero-order valence-corrected chi connectivity index (χ0v) is 16.9. The van der Waals surface area contributed by atoms with Gasteiger partial charge >= 0.3 is 0 Å². The second kappa shape index (κ2) is 8.31. The number of hydrogen-bond donors (Lipinski definition) is 1. The minimum Gasteiger partial charge on any atom is -0.363 e. The maximum Gasteiger partial charge on any atom is 0.223 e. The zero-order chi connectivity index (χ0) is 19.5. The Morgan fingerprint density at radius 3 is 2.79 bits per heavy atom. The third kappa shape index (κ3) is 4.35. The molecule has 4 rings (SSSR count). The number of carbonyl (C=O) groups is 1. The van der Waals surface area contributed by atoms with Crippen molar-refractivity contribution in [3.63, 3.8) is 0 Å². The molecule has 0 atom stereocenters. The summed E-state index contributed by atoms with van der Waals surface area (Å²) in [5.74, 6) is 1.39. The first-order valence-corrected chi connectivity index (χ1v) is 10.3. The Bertz CT molecular complexity index is 809. The van der Waals surface area contributed by atoms with Crippen molar-refractivity contribution in [2.24, 2.45) is 5.92 Å². The van der Waals surface area contributed by atoms with E-state index in [0.717, 1.165) is 57.0 Å². The van der Waals surface area contributed by atoms with Gasteiger partial charge in [0.2, 0.25) is 5.91 Å². The summed E-state index contributed by atoms with van der Waals surface area (Å²) in [6, 6.07) is 6.37. The summed E-state index contributed by atoms with van der Waals surface area (Å²) < 4.78 is 2.11. The Kier molecular flexibility index (Phi) is 5.62. The Morgan fingerprint density at radius 2 is 2.11 bits per heavy atom. The number of fused-ring (bicyclic) bond motifs is 1. The van der Waals surface area contributed by atoms with Crippen molar-refractivity contribution in [2.45, 2.75) is 51.9 Å². The van der Waals surface area contributed by atoms with Crippen LogP contribution in [0.4, 0.5) is 5.82 Å². The lowest BCUT2D eigenvalue weighted by Crippen LogP contribution is -2.34. The molecular weight excluding hydrogens is 352 g/mol. The molecule has 2 aromatic rings. The maximum atomic E-state index is 12.1. The number of aromatic nitrogens is 3. The summed E-state index contributed by atoms with van der Waals surface area (Å²) in [5, 5.41) is 7.77. The van der Waals surface area contributed by atoms with E-state index in [9.17, 15) is 4.79 Å². The Balaban J connectivity index is 1.36. The average molecular weight is 383 g/mol. The van der Waals surface area contributed by atoms with Crippen molar-refractivity contribution < 1.29 is 4.79 Å². The molecule has 2 aromatic heterocycles. The first kappa shape index (κ1) is 18.9. The molecule has 1 amide bonds. The maximum absolute atomic E-state index is 12.1. The number of pyridine rings is 1. The van der Waals surface area contributed by atoms with Crippen LogP contribution in [-0.4, -0.2) is 46.2 Å². The van der Waals surface area contributed by atoms with Gasteiger partial charge in [-0.05, 0) is 37.0 Å². The van der Waals surface area contributed by atoms with Crippen LogP contribution in [0.3, 0.4) is 0 Å². The molecule has 7 heteroatoms. The van der Waals surface area contributed by atoms with Gasteiger partial charge in [-0.15, -0.1) is 0 Å². The molecule has 28 heavy (non-hydrogen) atoms. The lowest BCUT2D eigenvalue weighted by Gasteiger charge is -2.23. The van der Waals surface area contributed by atoms with E-state index in [-0.39, 0.29) is 11.8 Å². The van der Waals surface area contributed by atoms with Gasteiger partial charge in [0, 0.05) is 52.4 Å². The molecule has 1 fully saturated rings. The highest BCUT2D eigenvalue weighted by Crippen LogP contribution is 2.26. The number of rotatable bonds is 6. The van der Waals surface area contributed by atoms with Gasteiger partial charge < -0.3 is 10.2 Å². The van der Waals surface area contributed by atoms with Crippen LogP contribution in [0.2, 0.25) is 0 Å². The van der Waals surface area contributed by atoms with Gasteiger partial charge in [-0.2, -0.15) is 5.10 Å². The number of nitrogens with one attached hydrogen (secondary N) is 1. The van der Waals surface area contributed by atoms with E-state index in [2.05, 4.69) is 38.1 Å². The molecule has 1 N–H and O–H groups in total. The van der Waals surface area contributed by atoms with Crippen molar-refractivity contribution in [1.29, 1.82) is 0 Å². The fourth-order valence-corrected chi connectivity index (χ4v) is 3.83. The van der Waals surface area contributed by atoms with Crippen molar-refractivity contribution in [3.05, 3.63) is 41.3 Å². The number of amides is 1. The molecule has 0 unspecified atom stereocenters. The molecule has 2 aliphatic rings. The molecule has 0 aromatic carbocycles. The fraction of sp³-hybridized carbons (Fsp3) is 0.571. The van der Waals surface area contributed by atoms with E-state index in [4.69, 9.17) is 5.10 Å². The van der Waals surface area contributed by atoms with Crippen LogP contribution >= 0.6 is 0 Å². The Hall–Kier alpha value is -2.41. The minimum absolute atomic E-state index is 0.185. The van der Waals surface area contributed by atoms with Gasteiger partial charge in [-0.25, -0.2) is 4.98 Å². The first-order valence-electron chi connectivity index (χ1n) is 10.3.